The molecule has 4 aromatic carbocycles. The van der Waals surface area contributed by atoms with Gasteiger partial charge in [-0.05, 0) is 22.9 Å². The van der Waals surface area contributed by atoms with Gasteiger partial charge < -0.3 is 0 Å². The number of nitro groups is 1. The topological polar surface area (TPSA) is 105 Å². The molecule has 9 nitrogen and oxygen atoms in total. The number of aromatic nitrogens is 6. The van der Waals surface area contributed by atoms with Crippen molar-refractivity contribution in [3.8, 4) is 39.9 Å². The molecule has 0 saturated carbocycles. The van der Waals surface area contributed by atoms with Crippen LogP contribution in [0.15, 0.2) is 115 Å². The summed E-state index contributed by atoms with van der Waals surface area (Å²) in [7, 11) is 0. The molecule has 0 aliphatic rings. The van der Waals surface area contributed by atoms with E-state index in [-0.39, 0.29) is 5.69 Å². The Kier molecular flexibility index (Phi) is 5.99. The Morgan fingerprint density at radius 3 is 1.97 bits per heavy atom. The molecular formula is C29H21N7O2. The van der Waals surface area contributed by atoms with Crippen molar-refractivity contribution >= 4 is 5.69 Å². The lowest BCUT2D eigenvalue weighted by molar-refractivity contribution is -0.384. The molecule has 0 amide bonds. The van der Waals surface area contributed by atoms with Crippen LogP contribution in [0.2, 0.25) is 0 Å². The van der Waals surface area contributed by atoms with Crippen LogP contribution in [0, 0.1) is 10.1 Å². The predicted octanol–water partition coefficient (Wildman–Crippen LogP) is 5.82. The van der Waals surface area contributed by atoms with Crippen molar-refractivity contribution in [2.24, 2.45) is 0 Å². The molecule has 2 aromatic heterocycles. The number of hydrogen-bond donors (Lipinski definition) is 0. The van der Waals surface area contributed by atoms with Gasteiger partial charge in [0.05, 0.1) is 17.2 Å². The molecule has 0 radical (unpaired) electrons. The summed E-state index contributed by atoms with van der Waals surface area (Å²) in [6.07, 6.45) is 0. The second kappa shape index (κ2) is 9.90. The minimum absolute atomic E-state index is 0.0355. The van der Waals surface area contributed by atoms with Gasteiger partial charge in [-0.2, -0.15) is 4.80 Å². The normalized spacial score (nSPS) is 10.9. The molecule has 0 bridgehead atoms. The van der Waals surface area contributed by atoms with Gasteiger partial charge in [0.15, 0.2) is 0 Å². The maximum absolute atomic E-state index is 11.0. The summed E-state index contributed by atoms with van der Waals surface area (Å²) in [5, 5.41) is 24.2. The maximum atomic E-state index is 11.0. The average Bonchev–Trinajstić information content (AvgIpc) is 3.60. The van der Waals surface area contributed by atoms with E-state index in [0.29, 0.717) is 18.1 Å². The summed E-state index contributed by atoms with van der Waals surface area (Å²) in [5.74, 6) is 1.15. The second-order valence-electron chi connectivity index (χ2n) is 8.60. The monoisotopic (exact) mass is 499 g/mol. The van der Waals surface area contributed by atoms with Gasteiger partial charge in [-0.3, -0.25) is 14.7 Å². The first kappa shape index (κ1) is 23.0. The minimum atomic E-state index is -0.423. The summed E-state index contributed by atoms with van der Waals surface area (Å²) >= 11 is 0. The number of nitro benzene ring substituents is 1. The van der Waals surface area contributed by atoms with Gasteiger partial charge in [-0.25, -0.2) is 4.98 Å². The molecule has 6 rings (SSSR count). The SMILES string of the molecule is O=[N+]([O-])c1ccc(Cn2nnc(-c3nc(-c4ccccc4)n(-c4ccccc4)c3-c3ccccc3)n2)cc1. The largest absolute Gasteiger partial charge is 0.292 e. The molecule has 0 saturated heterocycles. The third-order valence-corrected chi connectivity index (χ3v) is 6.11. The van der Waals surface area contributed by atoms with Crippen LogP contribution in [0.3, 0.4) is 0 Å². The van der Waals surface area contributed by atoms with Crippen LogP contribution in [0.5, 0.6) is 0 Å². The first-order chi connectivity index (χ1) is 18.7. The molecule has 0 unspecified atom stereocenters. The zero-order valence-electron chi connectivity index (χ0n) is 20.1. The number of nitrogens with zero attached hydrogens (tertiary/aromatic N) is 7. The van der Waals surface area contributed by atoms with E-state index in [0.717, 1.165) is 33.9 Å². The third kappa shape index (κ3) is 4.44. The molecule has 0 fully saturated rings. The summed E-state index contributed by atoms with van der Waals surface area (Å²) in [5.41, 5.74) is 5.20. The van der Waals surface area contributed by atoms with Crippen molar-refractivity contribution < 1.29 is 4.92 Å². The highest BCUT2D eigenvalue weighted by Crippen LogP contribution is 2.37. The lowest BCUT2D eigenvalue weighted by Gasteiger charge is -2.13. The number of imidazole rings is 1. The summed E-state index contributed by atoms with van der Waals surface area (Å²) in [4.78, 5) is 17.1. The number of hydrogen-bond acceptors (Lipinski definition) is 6. The van der Waals surface area contributed by atoms with Gasteiger partial charge >= 0.3 is 0 Å². The quantitative estimate of drug-likeness (QED) is 0.203. The van der Waals surface area contributed by atoms with Gasteiger partial charge in [0.25, 0.3) is 5.69 Å². The molecule has 0 aliphatic carbocycles. The van der Waals surface area contributed by atoms with Crippen molar-refractivity contribution in [1.82, 2.24) is 29.8 Å². The Hall–Kier alpha value is -5.44. The van der Waals surface area contributed by atoms with Crippen molar-refractivity contribution in [2.45, 2.75) is 6.54 Å². The second-order valence-corrected chi connectivity index (χ2v) is 8.60. The van der Waals surface area contributed by atoms with Crippen molar-refractivity contribution in [1.29, 1.82) is 0 Å². The number of benzene rings is 4. The van der Waals surface area contributed by atoms with Crippen LogP contribution in [-0.2, 0) is 6.54 Å². The van der Waals surface area contributed by atoms with Crippen LogP contribution in [-0.4, -0.2) is 34.7 Å². The van der Waals surface area contributed by atoms with Crippen LogP contribution in [0.4, 0.5) is 5.69 Å². The van der Waals surface area contributed by atoms with Crippen LogP contribution < -0.4 is 0 Å². The molecule has 0 spiro atoms. The number of rotatable bonds is 7. The Morgan fingerprint density at radius 1 is 0.737 bits per heavy atom. The Labute approximate surface area is 217 Å². The van der Waals surface area contributed by atoms with Crippen molar-refractivity contribution in [2.75, 3.05) is 0 Å². The molecule has 38 heavy (non-hydrogen) atoms. The zero-order valence-corrected chi connectivity index (χ0v) is 20.1. The van der Waals surface area contributed by atoms with Crippen molar-refractivity contribution in [3.63, 3.8) is 0 Å². The van der Waals surface area contributed by atoms with E-state index < -0.39 is 4.92 Å². The summed E-state index contributed by atoms with van der Waals surface area (Å²) in [6, 6.07) is 36.4. The zero-order chi connectivity index (χ0) is 25.9. The smallest absolute Gasteiger partial charge is 0.269 e. The highest BCUT2D eigenvalue weighted by Gasteiger charge is 2.25. The molecule has 0 atom stereocenters. The van der Waals surface area contributed by atoms with Crippen LogP contribution in [0.1, 0.15) is 5.56 Å². The number of tetrazole rings is 1. The molecular weight excluding hydrogens is 478 g/mol. The molecule has 0 N–H and O–H groups in total. The predicted molar refractivity (Wildman–Crippen MR) is 143 cm³/mol. The Balaban J connectivity index is 1.49. The highest BCUT2D eigenvalue weighted by molar-refractivity contribution is 5.81. The van der Waals surface area contributed by atoms with E-state index in [1.807, 2.05) is 91.0 Å². The lowest BCUT2D eigenvalue weighted by atomic mass is 10.1. The molecule has 184 valence electrons. The van der Waals surface area contributed by atoms with Gasteiger partial charge in [0.1, 0.15) is 11.5 Å². The minimum Gasteiger partial charge on any atom is -0.292 e. The fourth-order valence-electron chi connectivity index (χ4n) is 4.34. The fourth-order valence-corrected chi connectivity index (χ4v) is 4.34. The lowest BCUT2D eigenvalue weighted by Crippen LogP contribution is -2.04. The Bertz CT molecular complexity index is 1700. The fraction of sp³-hybridized carbons (Fsp3) is 0.0345. The van der Waals surface area contributed by atoms with Gasteiger partial charge in [-0.15, -0.1) is 10.2 Å². The van der Waals surface area contributed by atoms with E-state index >= 15 is 0 Å². The summed E-state index contributed by atoms with van der Waals surface area (Å²) in [6.45, 7) is 0.316. The van der Waals surface area contributed by atoms with E-state index in [1.54, 1.807) is 12.1 Å². The molecule has 9 heteroatoms. The maximum Gasteiger partial charge on any atom is 0.269 e. The first-order valence-corrected chi connectivity index (χ1v) is 12.0. The van der Waals surface area contributed by atoms with Gasteiger partial charge in [-0.1, -0.05) is 91.0 Å². The van der Waals surface area contributed by atoms with E-state index in [1.165, 1.54) is 16.9 Å². The van der Waals surface area contributed by atoms with Crippen LogP contribution >= 0.6 is 0 Å². The van der Waals surface area contributed by atoms with Crippen molar-refractivity contribution in [3.05, 3.63) is 131 Å². The third-order valence-electron chi connectivity index (χ3n) is 6.11. The first-order valence-electron chi connectivity index (χ1n) is 12.0. The molecule has 2 heterocycles. The van der Waals surface area contributed by atoms with Gasteiger partial charge in [0, 0.05) is 28.9 Å². The standard InChI is InChI=1S/C29H21N7O2/c37-36(38)25-18-16-21(17-19-25)20-34-32-28(31-33-34)26-27(22-10-4-1-5-11-22)35(24-14-8-3-9-15-24)29(30-26)23-12-6-2-7-13-23/h1-19H,20H2. The van der Waals surface area contributed by atoms with E-state index in [9.17, 15) is 10.1 Å². The number of non-ortho nitro benzene ring substituents is 1. The highest BCUT2D eigenvalue weighted by atomic mass is 16.6. The van der Waals surface area contributed by atoms with Gasteiger partial charge in [0.2, 0.25) is 5.82 Å². The Morgan fingerprint density at radius 2 is 1.34 bits per heavy atom. The molecule has 0 aliphatic heterocycles. The number of para-hydroxylation sites is 1. The molecule has 6 aromatic rings. The average molecular weight is 500 g/mol. The van der Waals surface area contributed by atoms with E-state index in [4.69, 9.17) is 4.98 Å². The summed E-state index contributed by atoms with van der Waals surface area (Å²) < 4.78 is 2.12. The van der Waals surface area contributed by atoms with E-state index in [2.05, 4.69) is 20.0 Å². The van der Waals surface area contributed by atoms with Crippen LogP contribution in [0.25, 0.3) is 39.9 Å².